The maximum Gasteiger partial charge on any atom is 0.213 e. The largest absolute Gasteiger partial charge is 0.481 e. The average molecular weight is 301 g/mol. The van der Waals surface area contributed by atoms with Crippen molar-refractivity contribution < 1.29 is 4.74 Å². The Morgan fingerprint density at radius 3 is 2.67 bits per heavy atom. The number of nitrogens with zero attached hydrogens (tertiary/aromatic N) is 2. The van der Waals surface area contributed by atoms with Crippen LogP contribution in [0.2, 0.25) is 0 Å². The first-order valence-electron chi connectivity index (χ1n) is 6.96. The van der Waals surface area contributed by atoms with Crippen LogP contribution in [0.1, 0.15) is 18.0 Å². The molecule has 0 fully saturated rings. The fourth-order valence-electron chi connectivity index (χ4n) is 2.65. The Labute approximate surface area is 129 Å². The molecule has 0 aliphatic rings. The van der Waals surface area contributed by atoms with E-state index in [0.29, 0.717) is 11.8 Å². The van der Waals surface area contributed by atoms with E-state index >= 15 is 0 Å². The van der Waals surface area contributed by atoms with Crippen molar-refractivity contribution in [2.75, 3.05) is 13.0 Å². The summed E-state index contributed by atoms with van der Waals surface area (Å²) in [4.78, 5) is 4.47. The van der Waals surface area contributed by atoms with Gasteiger partial charge in [0.15, 0.2) is 0 Å². The second-order valence-corrected chi connectivity index (χ2v) is 5.26. The summed E-state index contributed by atoms with van der Waals surface area (Å²) in [6, 6.07) is 16.6. The summed E-state index contributed by atoms with van der Waals surface area (Å²) < 4.78 is 7.42. The third-order valence-electron chi connectivity index (χ3n) is 3.66. The number of fused-ring (bicyclic) bond motifs is 1. The zero-order valence-corrected chi connectivity index (χ0v) is 12.6. The molecule has 0 N–H and O–H groups in total. The quantitative estimate of drug-likeness (QED) is 0.658. The maximum atomic E-state index is 6.01. The summed E-state index contributed by atoms with van der Waals surface area (Å²) >= 11 is 6.01. The predicted octanol–water partition coefficient (Wildman–Crippen LogP) is 4.26. The molecule has 1 unspecified atom stereocenters. The van der Waals surface area contributed by atoms with Gasteiger partial charge in [0.2, 0.25) is 5.88 Å². The number of methoxy groups -OCH3 is 1. The van der Waals surface area contributed by atoms with Crippen LogP contribution in [0.15, 0.2) is 54.7 Å². The highest BCUT2D eigenvalue weighted by atomic mass is 35.5. The minimum Gasteiger partial charge on any atom is -0.481 e. The van der Waals surface area contributed by atoms with Gasteiger partial charge in [-0.05, 0) is 24.1 Å². The van der Waals surface area contributed by atoms with Gasteiger partial charge in [-0.1, -0.05) is 30.3 Å². The van der Waals surface area contributed by atoms with Crippen LogP contribution in [-0.2, 0) is 0 Å². The van der Waals surface area contributed by atoms with Crippen molar-refractivity contribution in [1.82, 2.24) is 9.55 Å². The molecule has 0 bridgehead atoms. The Morgan fingerprint density at radius 2 is 1.95 bits per heavy atom. The number of benzene rings is 1. The van der Waals surface area contributed by atoms with Crippen LogP contribution in [-0.4, -0.2) is 22.5 Å². The van der Waals surface area contributed by atoms with Crippen LogP contribution in [0.4, 0.5) is 0 Å². The number of alkyl halides is 1. The number of hydrogen-bond donors (Lipinski definition) is 0. The van der Waals surface area contributed by atoms with Crippen LogP contribution in [0, 0.1) is 0 Å². The lowest BCUT2D eigenvalue weighted by atomic mass is 10.0. The number of rotatable bonds is 5. The van der Waals surface area contributed by atoms with Crippen LogP contribution in [0.5, 0.6) is 5.88 Å². The van der Waals surface area contributed by atoms with Gasteiger partial charge < -0.3 is 9.30 Å². The Balaban J connectivity index is 2.07. The first-order valence-corrected chi connectivity index (χ1v) is 7.49. The lowest BCUT2D eigenvalue weighted by Crippen LogP contribution is -2.10. The first-order chi connectivity index (χ1) is 10.3. The van der Waals surface area contributed by atoms with Crippen molar-refractivity contribution in [2.24, 2.45) is 0 Å². The highest BCUT2D eigenvalue weighted by Gasteiger charge is 2.15. The van der Waals surface area contributed by atoms with Gasteiger partial charge in [-0.3, -0.25) is 0 Å². The van der Waals surface area contributed by atoms with E-state index in [1.165, 1.54) is 5.56 Å². The monoisotopic (exact) mass is 300 g/mol. The van der Waals surface area contributed by atoms with Crippen LogP contribution >= 0.6 is 11.6 Å². The molecule has 21 heavy (non-hydrogen) atoms. The minimum atomic E-state index is 0.219. The standard InChI is InChI=1S/C17H17ClN2O/c1-21-17-8-7-16-14(19-17)10-12-20(16)15(9-11-18)13-5-3-2-4-6-13/h2-8,10,12,15H,9,11H2,1H3. The van der Waals surface area contributed by atoms with Crippen molar-refractivity contribution in [3.05, 3.63) is 60.3 Å². The van der Waals surface area contributed by atoms with Crippen molar-refractivity contribution in [3.63, 3.8) is 0 Å². The molecule has 0 saturated carbocycles. The van der Waals surface area contributed by atoms with Crippen molar-refractivity contribution in [1.29, 1.82) is 0 Å². The summed E-state index contributed by atoms with van der Waals surface area (Å²) in [5, 5.41) is 0. The molecule has 0 amide bonds. The molecule has 108 valence electrons. The maximum absolute atomic E-state index is 6.01. The Hall–Kier alpha value is -2.00. The SMILES string of the molecule is COc1ccc2c(ccn2C(CCCl)c2ccccc2)n1. The third-order valence-corrected chi connectivity index (χ3v) is 3.88. The Morgan fingerprint density at radius 1 is 1.14 bits per heavy atom. The van der Waals surface area contributed by atoms with E-state index < -0.39 is 0 Å². The van der Waals surface area contributed by atoms with E-state index in [-0.39, 0.29) is 6.04 Å². The molecule has 1 aromatic carbocycles. The number of pyridine rings is 1. The molecule has 3 aromatic rings. The lowest BCUT2D eigenvalue weighted by molar-refractivity contribution is 0.399. The summed E-state index contributed by atoms with van der Waals surface area (Å²) in [5.41, 5.74) is 3.28. The molecule has 0 spiro atoms. The Bertz CT molecular complexity index is 724. The minimum absolute atomic E-state index is 0.219. The van der Waals surface area contributed by atoms with Gasteiger partial charge in [-0.2, -0.15) is 0 Å². The highest BCUT2D eigenvalue weighted by Crippen LogP contribution is 2.28. The zero-order valence-electron chi connectivity index (χ0n) is 11.9. The normalized spacial score (nSPS) is 12.5. The smallest absolute Gasteiger partial charge is 0.213 e. The van der Waals surface area contributed by atoms with Gasteiger partial charge >= 0.3 is 0 Å². The lowest BCUT2D eigenvalue weighted by Gasteiger charge is -2.19. The molecule has 1 atom stereocenters. The number of ether oxygens (including phenoxy) is 1. The van der Waals surface area contributed by atoms with Crippen molar-refractivity contribution in [2.45, 2.75) is 12.5 Å². The molecule has 3 rings (SSSR count). The number of hydrogen-bond acceptors (Lipinski definition) is 2. The molecule has 0 radical (unpaired) electrons. The fraction of sp³-hybridized carbons (Fsp3) is 0.235. The molecule has 0 aliphatic carbocycles. The fourth-order valence-corrected chi connectivity index (χ4v) is 2.86. The van der Waals surface area contributed by atoms with Gasteiger partial charge in [-0.15, -0.1) is 11.6 Å². The van der Waals surface area contributed by atoms with E-state index in [4.69, 9.17) is 16.3 Å². The van der Waals surface area contributed by atoms with E-state index in [0.717, 1.165) is 17.5 Å². The third kappa shape index (κ3) is 2.74. The predicted molar refractivity (Wildman–Crippen MR) is 86.2 cm³/mol. The van der Waals surface area contributed by atoms with E-state index in [1.54, 1.807) is 7.11 Å². The van der Waals surface area contributed by atoms with E-state index in [2.05, 4.69) is 40.0 Å². The first kappa shape index (κ1) is 14.0. The summed E-state index contributed by atoms with van der Waals surface area (Å²) in [6.45, 7) is 0. The highest BCUT2D eigenvalue weighted by molar-refractivity contribution is 6.17. The van der Waals surface area contributed by atoms with Gasteiger partial charge in [0.05, 0.1) is 24.2 Å². The van der Waals surface area contributed by atoms with Gasteiger partial charge in [0, 0.05) is 18.1 Å². The number of halogens is 1. The topological polar surface area (TPSA) is 27.1 Å². The van der Waals surface area contributed by atoms with Gasteiger partial charge in [-0.25, -0.2) is 4.98 Å². The molecule has 0 aliphatic heterocycles. The molecule has 3 nitrogen and oxygen atoms in total. The molecule has 2 aromatic heterocycles. The van der Waals surface area contributed by atoms with Crippen LogP contribution in [0.3, 0.4) is 0 Å². The molecule has 2 heterocycles. The zero-order chi connectivity index (χ0) is 14.7. The van der Waals surface area contributed by atoms with E-state index in [9.17, 15) is 0 Å². The summed E-state index contributed by atoms with van der Waals surface area (Å²) in [7, 11) is 1.63. The summed E-state index contributed by atoms with van der Waals surface area (Å²) in [6.07, 6.45) is 2.95. The molecule has 4 heteroatoms. The van der Waals surface area contributed by atoms with Gasteiger partial charge in [0.1, 0.15) is 0 Å². The summed E-state index contributed by atoms with van der Waals surface area (Å²) in [5.74, 6) is 1.25. The second kappa shape index (κ2) is 6.19. The van der Waals surface area contributed by atoms with Crippen molar-refractivity contribution >= 4 is 22.6 Å². The van der Waals surface area contributed by atoms with E-state index in [1.807, 2.05) is 24.3 Å². The number of aromatic nitrogens is 2. The average Bonchev–Trinajstić information content (AvgIpc) is 2.96. The molecule has 0 saturated heterocycles. The second-order valence-electron chi connectivity index (χ2n) is 4.89. The van der Waals surface area contributed by atoms with Crippen LogP contribution < -0.4 is 4.74 Å². The Kier molecular flexibility index (Phi) is 4.11. The molecular weight excluding hydrogens is 284 g/mol. The van der Waals surface area contributed by atoms with Crippen molar-refractivity contribution in [3.8, 4) is 5.88 Å². The molecular formula is C17H17ClN2O. The van der Waals surface area contributed by atoms with Crippen LogP contribution in [0.25, 0.3) is 11.0 Å². The van der Waals surface area contributed by atoms with Gasteiger partial charge in [0.25, 0.3) is 0 Å².